The normalized spacial score (nSPS) is 10.2. The van der Waals surface area contributed by atoms with Crippen LogP contribution in [0, 0.1) is 0 Å². The summed E-state index contributed by atoms with van der Waals surface area (Å²) in [5.41, 5.74) is 1.02. The molecule has 0 saturated heterocycles. The lowest BCUT2D eigenvalue weighted by atomic mass is 10.2. The van der Waals surface area contributed by atoms with E-state index in [0.717, 1.165) is 0 Å². The molecule has 2 aromatic rings. The van der Waals surface area contributed by atoms with Gasteiger partial charge in [0.15, 0.2) is 5.69 Å². The lowest BCUT2D eigenvalue weighted by Crippen LogP contribution is -2.09. The van der Waals surface area contributed by atoms with Crippen LogP contribution < -0.4 is 10.7 Å². The number of rotatable bonds is 3. The van der Waals surface area contributed by atoms with E-state index in [1.165, 1.54) is 10.7 Å². The van der Waals surface area contributed by atoms with Crippen LogP contribution in [0.25, 0.3) is 11.3 Å². The number of hydrogen-bond acceptors (Lipinski definition) is 4. The molecule has 0 amide bonds. The molecule has 0 saturated carbocycles. The van der Waals surface area contributed by atoms with E-state index in [-0.39, 0.29) is 11.1 Å². The highest BCUT2D eigenvalue weighted by molar-refractivity contribution is 5.87. The van der Waals surface area contributed by atoms with E-state index in [1.807, 2.05) is 0 Å². The van der Waals surface area contributed by atoms with Crippen molar-refractivity contribution in [3.05, 3.63) is 46.2 Å². The first-order valence-electron chi connectivity index (χ1n) is 5.63. The summed E-state index contributed by atoms with van der Waals surface area (Å²) in [6.45, 7) is 0. The molecule has 0 unspecified atom stereocenters. The summed E-state index contributed by atoms with van der Waals surface area (Å²) in [6.07, 6.45) is 0. The predicted molar refractivity (Wildman–Crippen MR) is 71.4 cm³/mol. The number of carboxylic acid groups (broad SMARTS) is 1. The van der Waals surface area contributed by atoms with Gasteiger partial charge in [0.05, 0.1) is 11.4 Å². The molecular weight excluding hydrogens is 246 g/mol. The molecule has 1 aromatic heterocycles. The van der Waals surface area contributed by atoms with Crippen LogP contribution in [-0.4, -0.2) is 27.9 Å². The van der Waals surface area contributed by atoms with Gasteiger partial charge in [-0.1, -0.05) is 12.1 Å². The van der Waals surface area contributed by atoms with Crippen molar-refractivity contribution >= 4 is 11.7 Å². The van der Waals surface area contributed by atoms with Crippen molar-refractivity contribution in [2.45, 2.75) is 0 Å². The van der Waals surface area contributed by atoms with Gasteiger partial charge in [-0.25, -0.2) is 4.79 Å². The van der Waals surface area contributed by atoms with Gasteiger partial charge in [0, 0.05) is 19.7 Å². The van der Waals surface area contributed by atoms with E-state index in [2.05, 4.69) is 10.4 Å². The van der Waals surface area contributed by atoms with Crippen molar-refractivity contribution < 1.29 is 9.90 Å². The minimum atomic E-state index is -1.12. The summed E-state index contributed by atoms with van der Waals surface area (Å²) in [5.74, 6) is -1.12. The van der Waals surface area contributed by atoms with Crippen LogP contribution in [0.1, 0.15) is 10.5 Å². The van der Waals surface area contributed by atoms with Crippen molar-refractivity contribution in [1.82, 2.24) is 9.78 Å². The van der Waals surface area contributed by atoms with Crippen molar-refractivity contribution in [3.63, 3.8) is 0 Å². The number of anilines is 1. The van der Waals surface area contributed by atoms with Gasteiger partial charge in [-0.2, -0.15) is 5.10 Å². The molecule has 6 heteroatoms. The standard InChI is InChI=1S/C13H13N3O3/c1-14-9-6-4-3-5-8(12(9)17)11-7-10(13(18)19)15-16(11)2/h3-7H,1-2H3,(H,14,17)(H,18,19). The van der Waals surface area contributed by atoms with Gasteiger partial charge in [-0.05, 0) is 18.2 Å². The number of hydrogen-bond donors (Lipinski definition) is 2. The number of aromatic carboxylic acids is 1. The Kier molecular flexibility index (Phi) is 3.33. The lowest BCUT2D eigenvalue weighted by Gasteiger charge is -2.00. The topological polar surface area (TPSA) is 84.2 Å². The van der Waals surface area contributed by atoms with Crippen LogP contribution in [0.2, 0.25) is 0 Å². The third-order valence-corrected chi connectivity index (χ3v) is 2.77. The number of nitrogens with one attached hydrogen (secondary N) is 1. The zero-order valence-corrected chi connectivity index (χ0v) is 10.5. The maximum atomic E-state index is 12.3. The molecule has 1 heterocycles. The molecule has 0 atom stereocenters. The number of carboxylic acids is 1. The Bertz CT molecular complexity index is 692. The SMILES string of the molecule is CNc1ccccc(-c2cc(C(=O)O)nn2C)c1=O. The van der Waals surface area contributed by atoms with Crippen LogP contribution in [0.4, 0.5) is 5.69 Å². The molecule has 98 valence electrons. The third-order valence-electron chi connectivity index (χ3n) is 2.77. The molecule has 0 aliphatic heterocycles. The fourth-order valence-corrected chi connectivity index (χ4v) is 1.82. The highest BCUT2D eigenvalue weighted by atomic mass is 16.4. The van der Waals surface area contributed by atoms with Gasteiger partial charge in [0.1, 0.15) is 0 Å². The summed E-state index contributed by atoms with van der Waals surface area (Å²) in [7, 11) is 3.26. The van der Waals surface area contributed by atoms with Crippen LogP contribution in [0.3, 0.4) is 0 Å². The first kappa shape index (κ1) is 12.8. The van der Waals surface area contributed by atoms with E-state index in [1.54, 1.807) is 38.4 Å². The van der Waals surface area contributed by atoms with Crippen molar-refractivity contribution in [2.24, 2.45) is 7.05 Å². The highest BCUT2D eigenvalue weighted by Crippen LogP contribution is 2.17. The molecule has 2 N–H and O–H groups in total. The molecule has 0 aliphatic carbocycles. The Balaban J connectivity index is 2.70. The highest BCUT2D eigenvalue weighted by Gasteiger charge is 2.15. The van der Waals surface area contributed by atoms with Crippen molar-refractivity contribution in [1.29, 1.82) is 0 Å². The molecule has 6 nitrogen and oxygen atoms in total. The second-order valence-corrected chi connectivity index (χ2v) is 3.97. The fourth-order valence-electron chi connectivity index (χ4n) is 1.82. The summed E-state index contributed by atoms with van der Waals surface area (Å²) < 4.78 is 1.39. The van der Waals surface area contributed by atoms with Crippen molar-refractivity contribution in [3.8, 4) is 11.3 Å². The summed E-state index contributed by atoms with van der Waals surface area (Å²) in [4.78, 5) is 23.2. The largest absolute Gasteiger partial charge is 0.476 e. The maximum Gasteiger partial charge on any atom is 0.356 e. The molecule has 0 aliphatic rings. The van der Waals surface area contributed by atoms with Gasteiger partial charge in [0.2, 0.25) is 5.43 Å². The van der Waals surface area contributed by atoms with Gasteiger partial charge < -0.3 is 10.4 Å². The van der Waals surface area contributed by atoms with E-state index in [9.17, 15) is 9.59 Å². The van der Waals surface area contributed by atoms with Gasteiger partial charge in [-0.3, -0.25) is 9.48 Å². The third kappa shape index (κ3) is 2.33. The zero-order chi connectivity index (χ0) is 14.0. The Morgan fingerprint density at radius 2 is 2.05 bits per heavy atom. The quantitative estimate of drug-likeness (QED) is 0.864. The molecule has 2 rings (SSSR count). The van der Waals surface area contributed by atoms with Crippen LogP contribution in [0.15, 0.2) is 35.1 Å². The summed E-state index contributed by atoms with van der Waals surface area (Å²) in [6, 6.07) is 8.17. The summed E-state index contributed by atoms with van der Waals surface area (Å²) >= 11 is 0. The molecule has 19 heavy (non-hydrogen) atoms. The average molecular weight is 259 g/mol. The van der Waals surface area contributed by atoms with Gasteiger partial charge in [0.25, 0.3) is 0 Å². The fraction of sp³-hybridized carbons (Fsp3) is 0.154. The second kappa shape index (κ2) is 4.93. The number of aromatic nitrogens is 2. The van der Waals surface area contributed by atoms with E-state index in [0.29, 0.717) is 16.9 Å². The minimum absolute atomic E-state index is 0.0885. The Morgan fingerprint density at radius 3 is 2.63 bits per heavy atom. The first-order valence-corrected chi connectivity index (χ1v) is 5.63. The molecule has 0 radical (unpaired) electrons. The van der Waals surface area contributed by atoms with Crippen LogP contribution >= 0.6 is 0 Å². The zero-order valence-electron chi connectivity index (χ0n) is 10.5. The monoisotopic (exact) mass is 259 g/mol. The molecule has 0 fully saturated rings. The summed E-state index contributed by atoms with van der Waals surface area (Å²) in [5, 5.41) is 15.6. The molecule has 0 spiro atoms. The van der Waals surface area contributed by atoms with Gasteiger partial charge in [-0.15, -0.1) is 0 Å². The number of aryl methyl sites for hydroxylation is 1. The maximum absolute atomic E-state index is 12.3. The van der Waals surface area contributed by atoms with E-state index < -0.39 is 5.97 Å². The van der Waals surface area contributed by atoms with Crippen LogP contribution in [-0.2, 0) is 7.05 Å². The number of carbonyl (C=O) groups is 1. The smallest absolute Gasteiger partial charge is 0.356 e. The molecule has 0 bridgehead atoms. The Morgan fingerprint density at radius 1 is 1.37 bits per heavy atom. The van der Waals surface area contributed by atoms with Gasteiger partial charge >= 0.3 is 5.97 Å². The Labute approximate surface area is 109 Å². The lowest BCUT2D eigenvalue weighted by molar-refractivity contribution is 0.0689. The van der Waals surface area contributed by atoms with Crippen molar-refractivity contribution in [2.75, 3.05) is 12.4 Å². The average Bonchev–Trinajstić information content (AvgIpc) is 2.65. The second-order valence-electron chi connectivity index (χ2n) is 3.97. The predicted octanol–water partition coefficient (Wildman–Crippen LogP) is 1.19. The number of nitrogens with zero attached hydrogens (tertiary/aromatic N) is 2. The molecular formula is C13H13N3O3. The van der Waals surface area contributed by atoms with E-state index >= 15 is 0 Å². The first-order chi connectivity index (χ1) is 9.04. The molecule has 1 aromatic carbocycles. The minimum Gasteiger partial charge on any atom is -0.476 e. The van der Waals surface area contributed by atoms with Crippen LogP contribution in [0.5, 0.6) is 0 Å². The Hall–Kier alpha value is -2.63. The van der Waals surface area contributed by atoms with E-state index in [4.69, 9.17) is 5.11 Å².